The van der Waals surface area contributed by atoms with E-state index in [0.717, 1.165) is 16.5 Å². The number of aromatic nitrogens is 2. The maximum absolute atomic E-state index is 13.0. The molecule has 0 radical (unpaired) electrons. The summed E-state index contributed by atoms with van der Waals surface area (Å²) in [6.07, 6.45) is -1.99. The molecule has 0 saturated heterocycles. The van der Waals surface area contributed by atoms with Crippen LogP contribution in [0, 0.1) is 0 Å². The molecule has 3 aromatic rings. The Balaban J connectivity index is 1.76. The molecule has 24 heavy (non-hydrogen) atoms. The minimum atomic E-state index is -2.71. The number of anilines is 1. The summed E-state index contributed by atoms with van der Waals surface area (Å²) in [7, 11) is 0. The fourth-order valence-corrected chi connectivity index (χ4v) is 2.46. The van der Waals surface area contributed by atoms with Crippen molar-refractivity contribution in [2.24, 2.45) is 0 Å². The van der Waals surface area contributed by atoms with E-state index in [2.05, 4.69) is 15.3 Å². The van der Waals surface area contributed by atoms with Gasteiger partial charge in [-0.05, 0) is 29.7 Å². The third-order valence-corrected chi connectivity index (χ3v) is 3.73. The van der Waals surface area contributed by atoms with Gasteiger partial charge in [-0.2, -0.15) is 0 Å². The van der Waals surface area contributed by atoms with Crippen LogP contribution in [0.1, 0.15) is 23.4 Å². The largest absolute Gasteiger partial charge is 0.392 e. The minimum Gasteiger partial charge on any atom is -0.392 e. The molecule has 0 saturated carbocycles. The van der Waals surface area contributed by atoms with Crippen LogP contribution in [-0.2, 0) is 13.0 Å². The van der Waals surface area contributed by atoms with Crippen molar-refractivity contribution in [1.82, 2.24) is 9.97 Å². The molecule has 1 heterocycles. The second-order valence-corrected chi connectivity index (χ2v) is 5.40. The predicted molar refractivity (Wildman–Crippen MR) is 89.1 cm³/mol. The summed E-state index contributed by atoms with van der Waals surface area (Å²) in [5.41, 5.74) is 2.44. The van der Waals surface area contributed by atoms with Crippen LogP contribution in [0.5, 0.6) is 0 Å². The molecular formula is C18H17F2N3O. The number of benzene rings is 2. The molecule has 4 nitrogen and oxygen atoms in total. The van der Waals surface area contributed by atoms with Gasteiger partial charge in [-0.25, -0.2) is 18.7 Å². The number of aliphatic hydroxyl groups excluding tert-OH is 1. The van der Waals surface area contributed by atoms with Crippen LogP contribution in [0.2, 0.25) is 0 Å². The van der Waals surface area contributed by atoms with E-state index in [-0.39, 0.29) is 6.61 Å². The lowest BCUT2D eigenvalue weighted by atomic mass is 10.1. The summed E-state index contributed by atoms with van der Waals surface area (Å²) in [6, 6.07) is 14.7. The molecule has 6 heteroatoms. The van der Waals surface area contributed by atoms with Gasteiger partial charge in [0, 0.05) is 11.9 Å². The standard InChI is InChI=1S/C18H17F2N3O/c19-16(20)18-22-15-4-2-1-3-14(15)17(23-18)21-10-9-12-5-7-13(11-24)8-6-12/h1-8,16,24H,9-11H2,(H,21,22,23). The van der Waals surface area contributed by atoms with Crippen LogP contribution >= 0.6 is 0 Å². The number of nitrogens with one attached hydrogen (secondary N) is 1. The SMILES string of the molecule is OCc1ccc(CCNc2nc(C(F)F)nc3ccccc23)cc1. The van der Waals surface area contributed by atoms with Gasteiger partial charge < -0.3 is 10.4 Å². The predicted octanol–water partition coefficient (Wildman–Crippen LogP) is 3.71. The highest BCUT2D eigenvalue weighted by Crippen LogP contribution is 2.24. The summed E-state index contributed by atoms with van der Waals surface area (Å²) >= 11 is 0. The number of halogens is 2. The van der Waals surface area contributed by atoms with E-state index in [1.165, 1.54) is 0 Å². The van der Waals surface area contributed by atoms with Crippen molar-refractivity contribution in [3.05, 3.63) is 65.5 Å². The molecule has 0 amide bonds. The van der Waals surface area contributed by atoms with E-state index in [4.69, 9.17) is 5.11 Å². The van der Waals surface area contributed by atoms with Crippen molar-refractivity contribution in [1.29, 1.82) is 0 Å². The lowest BCUT2D eigenvalue weighted by molar-refractivity contribution is 0.141. The first-order chi connectivity index (χ1) is 11.7. The van der Waals surface area contributed by atoms with Crippen molar-refractivity contribution in [3.8, 4) is 0 Å². The summed E-state index contributed by atoms with van der Waals surface area (Å²) in [5, 5.41) is 12.9. The Morgan fingerprint density at radius 3 is 2.38 bits per heavy atom. The van der Waals surface area contributed by atoms with Crippen LogP contribution < -0.4 is 5.32 Å². The third kappa shape index (κ3) is 3.65. The van der Waals surface area contributed by atoms with Gasteiger partial charge in [0.15, 0.2) is 5.82 Å². The number of rotatable bonds is 6. The molecule has 124 valence electrons. The van der Waals surface area contributed by atoms with Crippen LogP contribution in [0.15, 0.2) is 48.5 Å². The minimum absolute atomic E-state index is 0.0157. The van der Waals surface area contributed by atoms with Gasteiger partial charge in [0.1, 0.15) is 5.82 Å². The number of alkyl halides is 2. The molecule has 1 aromatic heterocycles. The van der Waals surface area contributed by atoms with Crippen LogP contribution in [0.25, 0.3) is 10.9 Å². The van der Waals surface area contributed by atoms with Crippen molar-refractivity contribution in [2.75, 3.05) is 11.9 Å². The van der Waals surface area contributed by atoms with E-state index >= 15 is 0 Å². The first-order valence-electron chi connectivity index (χ1n) is 7.65. The Morgan fingerprint density at radius 2 is 1.67 bits per heavy atom. The van der Waals surface area contributed by atoms with Gasteiger partial charge in [0.05, 0.1) is 12.1 Å². The van der Waals surface area contributed by atoms with E-state index in [9.17, 15) is 8.78 Å². The maximum atomic E-state index is 13.0. The lowest BCUT2D eigenvalue weighted by Crippen LogP contribution is -2.09. The number of nitrogens with zero attached hydrogens (tertiary/aromatic N) is 2. The second-order valence-electron chi connectivity index (χ2n) is 5.40. The Morgan fingerprint density at radius 1 is 0.958 bits per heavy atom. The average molecular weight is 329 g/mol. The summed E-state index contributed by atoms with van der Waals surface area (Å²) in [6.45, 7) is 0.573. The first kappa shape index (κ1) is 16.3. The molecule has 0 aliphatic heterocycles. The van der Waals surface area contributed by atoms with E-state index in [1.54, 1.807) is 12.1 Å². The molecule has 2 aromatic carbocycles. The highest BCUT2D eigenvalue weighted by atomic mass is 19.3. The zero-order valence-electron chi connectivity index (χ0n) is 12.9. The van der Waals surface area contributed by atoms with E-state index in [0.29, 0.717) is 24.3 Å². The summed E-state index contributed by atoms with van der Waals surface area (Å²) in [4.78, 5) is 7.85. The number of hydrogen-bond donors (Lipinski definition) is 2. The van der Waals surface area contributed by atoms with Crippen LogP contribution in [0.4, 0.5) is 14.6 Å². The fourth-order valence-electron chi connectivity index (χ4n) is 2.46. The molecule has 0 atom stereocenters. The van der Waals surface area contributed by atoms with Gasteiger partial charge >= 0.3 is 0 Å². The lowest BCUT2D eigenvalue weighted by Gasteiger charge is -2.11. The van der Waals surface area contributed by atoms with Gasteiger partial charge in [-0.15, -0.1) is 0 Å². The average Bonchev–Trinajstić information content (AvgIpc) is 2.62. The third-order valence-electron chi connectivity index (χ3n) is 3.73. The number of fused-ring (bicyclic) bond motifs is 1. The van der Waals surface area contributed by atoms with Crippen molar-refractivity contribution >= 4 is 16.7 Å². The molecule has 0 fully saturated rings. The summed E-state index contributed by atoms with van der Waals surface area (Å²) < 4.78 is 25.9. The number of hydrogen-bond acceptors (Lipinski definition) is 4. The molecule has 0 bridgehead atoms. The number of para-hydroxylation sites is 1. The monoisotopic (exact) mass is 329 g/mol. The Kier molecular flexibility index (Phi) is 4.96. The van der Waals surface area contributed by atoms with Gasteiger partial charge in [-0.1, -0.05) is 36.4 Å². The fraction of sp³-hybridized carbons (Fsp3) is 0.222. The summed E-state index contributed by atoms with van der Waals surface area (Å²) in [5.74, 6) is -0.0497. The highest BCUT2D eigenvalue weighted by Gasteiger charge is 2.14. The second kappa shape index (κ2) is 7.31. The highest BCUT2D eigenvalue weighted by molar-refractivity contribution is 5.89. The van der Waals surface area contributed by atoms with Crippen molar-refractivity contribution in [3.63, 3.8) is 0 Å². The molecule has 3 rings (SSSR count). The molecule has 2 N–H and O–H groups in total. The zero-order valence-corrected chi connectivity index (χ0v) is 12.9. The molecule has 0 aliphatic carbocycles. The maximum Gasteiger partial charge on any atom is 0.297 e. The molecular weight excluding hydrogens is 312 g/mol. The van der Waals surface area contributed by atoms with Gasteiger partial charge in [-0.3, -0.25) is 0 Å². The van der Waals surface area contributed by atoms with Gasteiger partial charge in [0.25, 0.3) is 6.43 Å². The Hall–Kier alpha value is -2.60. The van der Waals surface area contributed by atoms with Crippen molar-refractivity contribution < 1.29 is 13.9 Å². The quantitative estimate of drug-likeness (QED) is 0.724. The van der Waals surface area contributed by atoms with E-state index < -0.39 is 12.2 Å². The van der Waals surface area contributed by atoms with Crippen LogP contribution in [0.3, 0.4) is 0 Å². The Bertz CT molecular complexity index is 822. The van der Waals surface area contributed by atoms with Crippen molar-refractivity contribution in [2.45, 2.75) is 19.5 Å². The first-order valence-corrected chi connectivity index (χ1v) is 7.65. The number of aliphatic hydroxyl groups is 1. The van der Waals surface area contributed by atoms with Crippen LogP contribution in [-0.4, -0.2) is 21.6 Å². The molecule has 0 spiro atoms. The van der Waals surface area contributed by atoms with E-state index in [1.807, 2.05) is 36.4 Å². The molecule has 0 unspecified atom stereocenters. The zero-order chi connectivity index (χ0) is 16.9. The Labute approximate surface area is 138 Å². The smallest absolute Gasteiger partial charge is 0.297 e. The van der Waals surface area contributed by atoms with Gasteiger partial charge in [0.2, 0.25) is 0 Å². The normalized spacial score (nSPS) is 11.2. The molecule has 0 aliphatic rings. The topological polar surface area (TPSA) is 58.0 Å².